The van der Waals surface area contributed by atoms with Gasteiger partial charge in [-0.25, -0.2) is 0 Å². The Labute approximate surface area is 121 Å². The highest BCUT2D eigenvalue weighted by molar-refractivity contribution is 5.76. The second-order valence-electron chi connectivity index (χ2n) is 4.92. The number of aryl methyl sites for hydroxylation is 1. The molecule has 0 aromatic carbocycles. The molecule has 1 amide bonds. The number of rotatable bonds is 6. The van der Waals surface area contributed by atoms with Crippen LogP contribution in [0.4, 0.5) is 5.82 Å². The van der Waals surface area contributed by atoms with E-state index in [2.05, 4.69) is 9.88 Å². The van der Waals surface area contributed by atoms with Gasteiger partial charge in [0, 0.05) is 45.7 Å². The van der Waals surface area contributed by atoms with Crippen LogP contribution in [0.3, 0.4) is 0 Å². The molecule has 1 fully saturated rings. The van der Waals surface area contributed by atoms with E-state index in [1.165, 1.54) is 12.5 Å². The van der Waals surface area contributed by atoms with E-state index in [-0.39, 0.29) is 18.3 Å². The van der Waals surface area contributed by atoms with E-state index in [0.29, 0.717) is 32.6 Å². The average molecular weight is 297 g/mol. The normalized spacial score (nSPS) is 16.1. The second-order valence-corrected chi connectivity index (χ2v) is 4.92. The van der Waals surface area contributed by atoms with E-state index in [1.807, 2.05) is 0 Å². The minimum atomic E-state index is -0.557. The summed E-state index contributed by atoms with van der Waals surface area (Å²) in [6.07, 6.45) is 2.99. The number of hydrogen-bond donors (Lipinski definition) is 1. The summed E-state index contributed by atoms with van der Waals surface area (Å²) in [4.78, 5) is 29.6. The van der Waals surface area contributed by atoms with Crippen molar-refractivity contribution in [2.24, 2.45) is 0 Å². The fraction of sp³-hybridized carbons (Fsp3) is 0.667. The Bertz CT molecular complexity index is 496. The van der Waals surface area contributed by atoms with E-state index >= 15 is 0 Å². The Kier molecular flexibility index (Phi) is 5.23. The van der Waals surface area contributed by atoms with Gasteiger partial charge in [-0.05, 0) is 9.91 Å². The van der Waals surface area contributed by atoms with Crippen LogP contribution in [0.25, 0.3) is 0 Å². The topological polar surface area (TPSA) is 105 Å². The van der Waals surface area contributed by atoms with Crippen molar-refractivity contribution in [3.8, 4) is 0 Å². The summed E-state index contributed by atoms with van der Waals surface area (Å²) in [6, 6.07) is 0. The van der Waals surface area contributed by atoms with Gasteiger partial charge >= 0.3 is 5.82 Å². The lowest BCUT2D eigenvalue weighted by molar-refractivity contribution is -0.389. The number of aliphatic hydroxyl groups is 1. The van der Waals surface area contributed by atoms with Crippen LogP contribution in [0.1, 0.15) is 6.42 Å². The molecule has 0 bridgehead atoms. The predicted molar refractivity (Wildman–Crippen MR) is 73.6 cm³/mol. The van der Waals surface area contributed by atoms with Gasteiger partial charge in [-0.15, -0.1) is 0 Å². The molecule has 2 heterocycles. The zero-order valence-electron chi connectivity index (χ0n) is 11.7. The molecule has 0 aliphatic carbocycles. The Hall–Kier alpha value is -2.00. The molecular formula is C12H19N5O4. The van der Waals surface area contributed by atoms with E-state index in [1.54, 1.807) is 9.47 Å². The van der Waals surface area contributed by atoms with E-state index < -0.39 is 4.92 Å². The molecule has 1 aromatic rings. The standard InChI is InChI=1S/C12H19N5O4/c18-8-7-14-3-5-16(6-4-14)12(19)1-2-15-9-11(13-10-15)17(20)21/h9-10,18H,1-8H2. The first-order valence-corrected chi connectivity index (χ1v) is 6.87. The lowest BCUT2D eigenvalue weighted by Crippen LogP contribution is -2.49. The lowest BCUT2D eigenvalue weighted by Gasteiger charge is -2.34. The fourth-order valence-electron chi connectivity index (χ4n) is 2.31. The SMILES string of the molecule is O=C(CCn1cnc([N+](=O)[O-])c1)N1CCN(CCO)CC1. The summed E-state index contributed by atoms with van der Waals surface area (Å²) in [5.41, 5.74) is 0. The molecule has 0 unspecified atom stereocenters. The van der Waals surface area contributed by atoms with Gasteiger partial charge < -0.3 is 24.7 Å². The van der Waals surface area contributed by atoms with E-state index in [4.69, 9.17) is 5.11 Å². The van der Waals surface area contributed by atoms with E-state index in [9.17, 15) is 14.9 Å². The van der Waals surface area contributed by atoms with Crippen LogP contribution < -0.4 is 0 Å². The summed E-state index contributed by atoms with van der Waals surface area (Å²) in [6.45, 7) is 4.00. The number of amides is 1. The molecule has 116 valence electrons. The number of aromatic nitrogens is 2. The Morgan fingerprint density at radius 2 is 2.05 bits per heavy atom. The number of β-amino-alcohol motifs (C(OH)–C–C–N with tert-alkyl or cyclic N) is 1. The molecule has 9 nitrogen and oxygen atoms in total. The first kappa shape index (κ1) is 15.4. The highest BCUT2D eigenvalue weighted by atomic mass is 16.6. The smallest absolute Gasteiger partial charge is 0.381 e. The van der Waals surface area contributed by atoms with Gasteiger partial charge in [0.05, 0.1) is 6.61 Å². The maximum Gasteiger partial charge on any atom is 0.381 e. The third-order valence-electron chi connectivity index (χ3n) is 3.53. The summed E-state index contributed by atoms with van der Waals surface area (Å²) in [5.74, 6) is -0.171. The Morgan fingerprint density at radius 3 is 2.62 bits per heavy atom. The molecule has 0 saturated carbocycles. The van der Waals surface area contributed by atoms with Crippen LogP contribution in [-0.2, 0) is 11.3 Å². The van der Waals surface area contributed by atoms with Crippen molar-refractivity contribution >= 4 is 11.7 Å². The van der Waals surface area contributed by atoms with Gasteiger partial charge in [-0.3, -0.25) is 9.69 Å². The van der Waals surface area contributed by atoms with Crippen LogP contribution in [0.15, 0.2) is 12.5 Å². The van der Waals surface area contributed by atoms with Gasteiger partial charge in [0.2, 0.25) is 12.2 Å². The minimum Gasteiger partial charge on any atom is -0.395 e. The van der Waals surface area contributed by atoms with Gasteiger partial charge in [-0.1, -0.05) is 0 Å². The van der Waals surface area contributed by atoms with Gasteiger partial charge in [0.1, 0.15) is 6.20 Å². The summed E-state index contributed by atoms with van der Waals surface area (Å²) >= 11 is 0. The van der Waals surface area contributed by atoms with Crippen molar-refractivity contribution in [1.82, 2.24) is 19.4 Å². The van der Waals surface area contributed by atoms with Crippen molar-refractivity contribution in [2.45, 2.75) is 13.0 Å². The lowest BCUT2D eigenvalue weighted by atomic mass is 10.2. The fourth-order valence-corrected chi connectivity index (χ4v) is 2.31. The zero-order chi connectivity index (χ0) is 15.2. The summed E-state index contributed by atoms with van der Waals surface area (Å²) in [7, 11) is 0. The number of piperazine rings is 1. The molecule has 0 atom stereocenters. The van der Waals surface area contributed by atoms with Gasteiger partial charge in [0.25, 0.3) is 0 Å². The molecule has 1 aliphatic heterocycles. The van der Waals surface area contributed by atoms with Gasteiger partial charge in [-0.2, -0.15) is 0 Å². The van der Waals surface area contributed by atoms with Crippen LogP contribution in [0.2, 0.25) is 0 Å². The van der Waals surface area contributed by atoms with Crippen molar-refractivity contribution in [3.05, 3.63) is 22.6 Å². The predicted octanol–water partition coefficient (Wildman–Crippen LogP) is -0.682. The average Bonchev–Trinajstić information content (AvgIpc) is 2.95. The van der Waals surface area contributed by atoms with Crippen molar-refractivity contribution in [1.29, 1.82) is 0 Å². The largest absolute Gasteiger partial charge is 0.395 e. The van der Waals surface area contributed by atoms with Crippen LogP contribution in [0, 0.1) is 10.1 Å². The van der Waals surface area contributed by atoms with Crippen molar-refractivity contribution in [3.63, 3.8) is 0 Å². The maximum absolute atomic E-state index is 12.1. The first-order chi connectivity index (χ1) is 10.1. The summed E-state index contributed by atoms with van der Waals surface area (Å²) < 4.78 is 1.55. The van der Waals surface area contributed by atoms with Crippen molar-refractivity contribution in [2.75, 3.05) is 39.3 Å². The Balaban J connectivity index is 1.75. The Morgan fingerprint density at radius 1 is 1.33 bits per heavy atom. The molecule has 1 aromatic heterocycles. The van der Waals surface area contributed by atoms with Crippen LogP contribution >= 0.6 is 0 Å². The molecule has 21 heavy (non-hydrogen) atoms. The molecule has 1 aliphatic rings. The number of nitro groups is 1. The van der Waals surface area contributed by atoms with Crippen LogP contribution in [0.5, 0.6) is 0 Å². The quantitative estimate of drug-likeness (QED) is 0.551. The highest BCUT2D eigenvalue weighted by Crippen LogP contribution is 2.08. The summed E-state index contributed by atoms with van der Waals surface area (Å²) in [5, 5.41) is 19.4. The third-order valence-corrected chi connectivity index (χ3v) is 3.53. The monoisotopic (exact) mass is 297 g/mol. The molecule has 0 spiro atoms. The van der Waals surface area contributed by atoms with Crippen molar-refractivity contribution < 1.29 is 14.8 Å². The number of nitrogens with zero attached hydrogens (tertiary/aromatic N) is 5. The van der Waals surface area contributed by atoms with E-state index in [0.717, 1.165) is 13.1 Å². The second kappa shape index (κ2) is 7.14. The molecule has 1 saturated heterocycles. The molecule has 1 N–H and O–H groups in total. The molecule has 9 heteroatoms. The van der Waals surface area contributed by atoms with Gasteiger partial charge in [0.15, 0.2) is 0 Å². The first-order valence-electron chi connectivity index (χ1n) is 6.87. The molecular weight excluding hydrogens is 278 g/mol. The highest BCUT2D eigenvalue weighted by Gasteiger charge is 2.20. The molecule has 0 radical (unpaired) electrons. The zero-order valence-corrected chi connectivity index (χ0v) is 11.7. The number of hydrogen-bond acceptors (Lipinski definition) is 6. The number of carbonyl (C=O) groups is 1. The number of carbonyl (C=O) groups excluding carboxylic acids is 1. The number of imidazole rings is 1. The maximum atomic E-state index is 12.1. The van der Waals surface area contributed by atoms with Crippen LogP contribution in [-0.4, -0.2) is 74.6 Å². The number of aliphatic hydroxyl groups excluding tert-OH is 1. The molecule has 2 rings (SSSR count). The minimum absolute atomic E-state index is 0.0370. The third kappa shape index (κ3) is 4.23.